The standard InChI is InChI=1S/C10H22N2O/c1-11-5-3-10-4-7-12(9-10)6-2-8-13/h10-11,13H,2-9H2,1H3. The van der Waals surface area contributed by atoms with Crippen molar-refractivity contribution in [1.82, 2.24) is 10.2 Å². The molecule has 0 spiro atoms. The molecule has 1 unspecified atom stereocenters. The molecule has 1 rings (SSSR count). The highest BCUT2D eigenvalue weighted by Gasteiger charge is 2.20. The lowest BCUT2D eigenvalue weighted by molar-refractivity contribution is 0.243. The number of hydrogen-bond donors (Lipinski definition) is 2. The summed E-state index contributed by atoms with van der Waals surface area (Å²) >= 11 is 0. The van der Waals surface area contributed by atoms with Crippen molar-refractivity contribution in [3.05, 3.63) is 0 Å². The fourth-order valence-corrected chi connectivity index (χ4v) is 1.99. The van der Waals surface area contributed by atoms with E-state index in [1.54, 1.807) is 0 Å². The molecule has 1 heterocycles. The number of likely N-dealkylation sites (tertiary alicyclic amines) is 1. The summed E-state index contributed by atoms with van der Waals surface area (Å²) in [7, 11) is 2.01. The van der Waals surface area contributed by atoms with E-state index in [1.807, 2.05) is 7.05 Å². The first-order valence-corrected chi connectivity index (χ1v) is 5.34. The normalized spacial score (nSPS) is 24.0. The molecule has 0 aliphatic carbocycles. The molecule has 1 aliphatic rings. The first-order valence-electron chi connectivity index (χ1n) is 5.34. The number of nitrogens with one attached hydrogen (secondary N) is 1. The second kappa shape index (κ2) is 6.35. The van der Waals surface area contributed by atoms with Crippen LogP contribution in [0.3, 0.4) is 0 Å². The van der Waals surface area contributed by atoms with Crippen LogP contribution in [0.2, 0.25) is 0 Å². The molecule has 78 valence electrons. The fourth-order valence-electron chi connectivity index (χ4n) is 1.99. The quantitative estimate of drug-likeness (QED) is 0.626. The van der Waals surface area contributed by atoms with E-state index in [2.05, 4.69) is 10.2 Å². The van der Waals surface area contributed by atoms with E-state index in [1.165, 1.54) is 25.9 Å². The fraction of sp³-hybridized carbons (Fsp3) is 1.00. The smallest absolute Gasteiger partial charge is 0.0443 e. The molecule has 1 saturated heterocycles. The van der Waals surface area contributed by atoms with Crippen molar-refractivity contribution in [3.63, 3.8) is 0 Å². The molecular weight excluding hydrogens is 164 g/mol. The van der Waals surface area contributed by atoms with Gasteiger partial charge in [-0.25, -0.2) is 0 Å². The van der Waals surface area contributed by atoms with Crippen molar-refractivity contribution in [2.75, 3.05) is 39.8 Å². The van der Waals surface area contributed by atoms with Gasteiger partial charge in [0.1, 0.15) is 0 Å². The average molecular weight is 186 g/mol. The van der Waals surface area contributed by atoms with Gasteiger partial charge in [-0.15, -0.1) is 0 Å². The zero-order chi connectivity index (χ0) is 9.52. The Kier molecular flexibility index (Phi) is 5.35. The van der Waals surface area contributed by atoms with Gasteiger partial charge in [0.2, 0.25) is 0 Å². The van der Waals surface area contributed by atoms with Gasteiger partial charge in [0.25, 0.3) is 0 Å². The molecule has 1 fully saturated rings. The molecule has 13 heavy (non-hydrogen) atoms. The number of aliphatic hydroxyl groups is 1. The van der Waals surface area contributed by atoms with Gasteiger partial charge < -0.3 is 15.3 Å². The molecule has 3 nitrogen and oxygen atoms in total. The van der Waals surface area contributed by atoms with Crippen molar-refractivity contribution in [2.45, 2.75) is 19.3 Å². The number of nitrogens with zero attached hydrogens (tertiary/aromatic N) is 1. The Morgan fingerprint density at radius 1 is 1.54 bits per heavy atom. The third-order valence-corrected chi connectivity index (χ3v) is 2.81. The highest BCUT2D eigenvalue weighted by Crippen LogP contribution is 2.18. The Morgan fingerprint density at radius 2 is 2.38 bits per heavy atom. The maximum absolute atomic E-state index is 8.70. The molecular formula is C10H22N2O. The summed E-state index contributed by atoms with van der Waals surface area (Å²) in [5, 5.41) is 11.9. The minimum absolute atomic E-state index is 0.331. The number of aliphatic hydroxyl groups excluding tert-OH is 1. The zero-order valence-electron chi connectivity index (χ0n) is 8.63. The van der Waals surface area contributed by atoms with Crippen LogP contribution in [-0.4, -0.2) is 49.8 Å². The summed E-state index contributed by atoms with van der Waals surface area (Å²) in [6.07, 6.45) is 3.57. The van der Waals surface area contributed by atoms with E-state index in [0.717, 1.165) is 25.4 Å². The molecule has 1 atom stereocenters. The molecule has 0 bridgehead atoms. The van der Waals surface area contributed by atoms with E-state index < -0.39 is 0 Å². The van der Waals surface area contributed by atoms with Crippen LogP contribution in [0.25, 0.3) is 0 Å². The third kappa shape index (κ3) is 4.07. The number of rotatable bonds is 6. The molecule has 1 aliphatic heterocycles. The minimum Gasteiger partial charge on any atom is -0.396 e. The lowest BCUT2D eigenvalue weighted by Crippen LogP contribution is -2.23. The van der Waals surface area contributed by atoms with Crippen LogP contribution < -0.4 is 5.32 Å². The van der Waals surface area contributed by atoms with Crippen LogP contribution in [-0.2, 0) is 0 Å². The Labute approximate surface area is 81.1 Å². The van der Waals surface area contributed by atoms with Crippen LogP contribution in [0.15, 0.2) is 0 Å². The van der Waals surface area contributed by atoms with Gasteiger partial charge in [-0.1, -0.05) is 0 Å². The van der Waals surface area contributed by atoms with E-state index in [9.17, 15) is 0 Å². The first-order chi connectivity index (χ1) is 6.36. The highest BCUT2D eigenvalue weighted by atomic mass is 16.3. The van der Waals surface area contributed by atoms with Crippen molar-refractivity contribution in [1.29, 1.82) is 0 Å². The molecule has 0 aromatic carbocycles. The molecule has 2 N–H and O–H groups in total. The van der Waals surface area contributed by atoms with Crippen LogP contribution in [0.1, 0.15) is 19.3 Å². The van der Waals surface area contributed by atoms with E-state index in [4.69, 9.17) is 5.11 Å². The lowest BCUT2D eigenvalue weighted by atomic mass is 10.1. The monoisotopic (exact) mass is 186 g/mol. The van der Waals surface area contributed by atoms with Crippen LogP contribution in [0.4, 0.5) is 0 Å². The van der Waals surface area contributed by atoms with Gasteiger partial charge in [-0.2, -0.15) is 0 Å². The summed E-state index contributed by atoms with van der Waals surface area (Å²) in [6, 6.07) is 0. The van der Waals surface area contributed by atoms with Crippen LogP contribution in [0.5, 0.6) is 0 Å². The lowest BCUT2D eigenvalue weighted by Gasteiger charge is -2.14. The number of hydrogen-bond acceptors (Lipinski definition) is 3. The molecule has 0 amide bonds. The van der Waals surface area contributed by atoms with E-state index in [0.29, 0.717) is 6.61 Å². The van der Waals surface area contributed by atoms with Crippen molar-refractivity contribution >= 4 is 0 Å². The Balaban J connectivity index is 2.05. The molecule has 3 heteroatoms. The Bertz CT molecular complexity index is 116. The van der Waals surface area contributed by atoms with E-state index in [-0.39, 0.29) is 0 Å². The van der Waals surface area contributed by atoms with Crippen LogP contribution >= 0.6 is 0 Å². The highest BCUT2D eigenvalue weighted by molar-refractivity contribution is 4.75. The van der Waals surface area contributed by atoms with Gasteiger partial charge in [0.05, 0.1) is 0 Å². The largest absolute Gasteiger partial charge is 0.396 e. The summed E-state index contributed by atoms with van der Waals surface area (Å²) in [5.74, 6) is 0.881. The predicted octanol–water partition coefficient (Wildman–Crippen LogP) is 0.300. The van der Waals surface area contributed by atoms with Gasteiger partial charge in [0.15, 0.2) is 0 Å². The zero-order valence-corrected chi connectivity index (χ0v) is 8.63. The molecule has 0 aromatic heterocycles. The van der Waals surface area contributed by atoms with Gasteiger partial charge in [-0.05, 0) is 45.3 Å². The second-order valence-electron chi connectivity index (χ2n) is 3.92. The van der Waals surface area contributed by atoms with Gasteiger partial charge in [-0.3, -0.25) is 0 Å². The molecule has 0 saturated carbocycles. The molecule has 0 aromatic rings. The van der Waals surface area contributed by atoms with E-state index >= 15 is 0 Å². The second-order valence-corrected chi connectivity index (χ2v) is 3.92. The Hall–Kier alpha value is -0.120. The Morgan fingerprint density at radius 3 is 3.08 bits per heavy atom. The topological polar surface area (TPSA) is 35.5 Å². The third-order valence-electron chi connectivity index (χ3n) is 2.81. The van der Waals surface area contributed by atoms with Crippen LogP contribution in [0, 0.1) is 5.92 Å². The average Bonchev–Trinajstić information content (AvgIpc) is 2.59. The summed E-state index contributed by atoms with van der Waals surface area (Å²) < 4.78 is 0. The van der Waals surface area contributed by atoms with Crippen molar-refractivity contribution in [3.8, 4) is 0 Å². The minimum atomic E-state index is 0.331. The van der Waals surface area contributed by atoms with Gasteiger partial charge >= 0.3 is 0 Å². The SMILES string of the molecule is CNCCC1CCN(CCCO)C1. The first kappa shape index (κ1) is 11.0. The van der Waals surface area contributed by atoms with Gasteiger partial charge in [0, 0.05) is 19.7 Å². The van der Waals surface area contributed by atoms with Crippen molar-refractivity contribution < 1.29 is 5.11 Å². The molecule has 0 radical (unpaired) electrons. The van der Waals surface area contributed by atoms with Crippen molar-refractivity contribution in [2.24, 2.45) is 5.92 Å². The summed E-state index contributed by atoms with van der Waals surface area (Å²) in [5.41, 5.74) is 0. The predicted molar refractivity (Wildman–Crippen MR) is 54.8 cm³/mol. The summed E-state index contributed by atoms with van der Waals surface area (Å²) in [6.45, 7) is 5.01. The maximum Gasteiger partial charge on any atom is 0.0443 e. The summed E-state index contributed by atoms with van der Waals surface area (Å²) in [4.78, 5) is 2.47. The maximum atomic E-state index is 8.70.